The Hall–Kier alpha value is -0.460. The van der Waals surface area contributed by atoms with Gasteiger partial charge in [-0.15, -0.1) is 11.3 Å². The number of likely N-dealkylation sites (tertiary alicyclic amines) is 1. The Labute approximate surface area is 119 Å². The largest absolute Gasteiger partial charge is 0.377 e. The van der Waals surface area contributed by atoms with Crippen molar-refractivity contribution in [2.75, 3.05) is 25.0 Å². The lowest BCUT2D eigenvalue weighted by molar-refractivity contribution is 0.0161. The molecule has 0 atom stereocenters. The molecule has 1 aliphatic heterocycles. The molecule has 0 unspecified atom stereocenters. The van der Waals surface area contributed by atoms with E-state index in [0.717, 1.165) is 47.8 Å². The molecule has 1 amide bonds. The van der Waals surface area contributed by atoms with Crippen LogP contribution in [0.3, 0.4) is 0 Å². The molecular formula is C12H17BrN2O2S. The lowest BCUT2D eigenvalue weighted by Gasteiger charge is -2.31. The van der Waals surface area contributed by atoms with Crippen molar-refractivity contribution in [2.24, 2.45) is 0 Å². The minimum absolute atomic E-state index is 0.111. The fourth-order valence-electron chi connectivity index (χ4n) is 2.05. The summed E-state index contributed by atoms with van der Waals surface area (Å²) in [5, 5.41) is 1.81. The Morgan fingerprint density at radius 2 is 2.33 bits per heavy atom. The standard InChI is InChI=1S/C12H17BrN2O2S/c1-9-14-8-11(18-9)12(16)15-5-2-10(3-6-15)17-7-4-13/h8,10H,2-7H2,1H3. The Bertz CT molecular complexity index is 403. The molecule has 0 N–H and O–H groups in total. The number of hydrogen-bond acceptors (Lipinski definition) is 4. The third-order valence-corrected chi connectivity index (χ3v) is 4.22. The first-order chi connectivity index (χ1) is 8.70. The van der Waals surface area contributed by atoms with Crippen molar-refractivity contribution in [3.05, 3.63) is 16.1 Å². The minimum atomic E-state index is 0.111. The summed E-state index contributed by atoms with van der Waals surface area (Å²) in [6.45, 7) is 4.22. The van der Waals surface area contributed by atoms with Crippen LogP contribution in [0, 0.1) is 6.92 Å². The Morgan fingerprint density at radius 3 is 2.89 bits per heavy atom. The van der Waals surface area contributed by atoms with Crippen molar-refractivity contribution >= 4 is 33.2 Å². The van der Waals surface area contributed by atoms with Crippen molar-refractivity contribution in [1.82, 2.24) is 9.88 Å². The lowest BCUT2D eigenvalue weighted by Crippen LogP contribution is -2.40. The molecule has 0 aromatic carbocycles. The fourth-order valence-corrected chi connectivity index (χ4v) is 2.99. The highest BCUT2D eigenvalue weighted by molar-refractivity contribution is 9.09. The van der Waals surface area contributed by atoms with Crippen LogP contribution in [0.2, 0.25) is 0 Å². The Balaban J connectivity index is 1.84. The number of amides is 1. The van der Waals surface area contributed by atoms with E-state index < -0.39 is 0 Å². The summed E-state index contributed by atoms with van der Waals surface area (Å²) in [6.07, 6.45) is 3.83. The second-order valence-electron chi connectivity index (χ2n) is 4.29. The van der Waals surface area contributed by atoms with E-state index in [2.05, 4.69) is 20.9 Å². The normalized spacial score (nSPS) is 17.1. The summed E-state index contributed by atoms with van der Waals surface area (Å²) < 4.78 is 5.68. The van der Waals surface area contributed by atoms with E-state index in [9.17, 15) is 4.79 Å². The molecule has 0 spiro atoms. The number of aryl methyl sites for hydroxylation is 1. The minimum Gasteiger partial charge on any atom is -0.377 e. The molecule has 0 aliphatic carbocycles. The molecule has 0 radical (unpaired) electrons. The number of hydrogen-bond donors (Lipinski definition) is 0. The molecule has 18 heavy (non-hydrogen) atoms. The van der Waals surface area contributed by atoms with Gasteiger partial charge in [0.2, 0.25) is 0 Å². The molecular weight excluding hydrogens is 316 g/mol. The van der Waals surface area contributed by atoms with Gasteiger partial charge in [0.05, 0.1) is 23.9 Å². The highest BCUT2D eigenvalue weighted by atomic mass is 79.9. The quantitative estimate of drug-likeness (QED) is 0.795. The molecule has 1 aromatic heterocycles. The number of carbonyl (C=O) groups excluding carboxylic acids is 1. The van der Waals surface area contributed by atoms with Crippen LogP contribution in [0.5, 0.6) is 0 Å². The molecule has 0 saturated carbocycles. The number of thiazole rings is 1. The molecule has 2 heterocycles. The zero-order chi connectivity index (χ0) is 13.0. The molecule has 0 bridgehead atoms. The summed E-state index contributed by atoms with van der Waals surface area (Å²) in [4.78, 5) is 19.0. The number of rotatable bonds is 4. The van der Waals surface area contributed by atoms with Gasteiger partial charge in [-0.2, -0.15) is 0 Å². The predicted octanol–water partition coefficient (Wildman–Crippen LogP) is 2.47. The Morgan fingerprint density at radius 1 is 1.61 bits per heavy atom. The number of nitrogens with zero attached hydrogens (tertiary/aromatic N) is 2. The number of carbonyl (C=O) groups is 1. The summed E-state index contributed by atoms with van der Waals surface area (Å²) in [6, 6.07) is 0. The van der Waals surface area contributed by atoms with Gasteiger partial charge in [0.25, 0.3) is 5.91 Å². The first-order valence-electron chi connectivity index (χ1n) is 6.10. The zero-order valence-corrected chi connectivity index (χ0v) is 12.8. The lowest BCUT2D eigenvalue weighted by atomic mass is 10.1. The summed E-state index contributed by atoms with van der Waals surface area (Å²) >= 11 is 4.81. The highest BCUT2D eigenvalue weighted by Gasteiger charge is 2.24. The number of ether oxygens (including phenoxy) is 1. The van der Waals surface area contributed by atoms with Gasteiger partial charge in [-0.25, -0.2) is 4.98 Å². The number of piperidine rings is 1. The number of alkyl halides is 1. The van der Waals surface area contributed by atoms with Crippen molar-refractivity contribution < 1.29 is 9.53 Å². The first kappa shape index (κ1) is 14.0. The van der Waals surface area contributed by atoms with E-state index in [4.69, 9.17) is 4.74 Å². The number of halogens is 1. The van der Waals surface area contributed by atoms with Crippen molar-refractivity contribution in [3.8, 4) is 0 Å². The van der Waals surface area contributed by atoms with Gasteiger partial charge in [0.15, 0.2) is 0 Å². The van der Waals surface area contributed by atoms with E-state index in [-0.39, 0.29) is 5.91 Å². The maximum Gasteiger partial charge on any atom is 0.265 e. The van der Waals surface area contributed by atoms with Crippen LogP contribution in [0.15, 0.2) is 6.20 Å². The van der Waals surface area contributed by atoms with Gasteiger partial charge in [-0.3, -0.25) is 4.79 Å². The average Bonchev–Trinajstić information content (AvgIpc) is 2.83. The molecule has 2 rings (SSSR count). The molecule has 100 valence electrons. The molecule has 1 aliphatic rings. The third kappa shape index (κ3) is 3.52. The Kier molecular flexibility index (Phi) is 5.14. The molecule has 1 saturated heterocycles. The predicted molar refractivity (Wildman–Crippen MR) is 75.5 cm³/mol. The second kappa shape index (κ2) is 6.63. The molecule has 1 fully saturated rings. The summed E-state index contributed by atoms with van der Waals surface area (Å²) in [5.41, 5.74) is 0. The maximum atomic E-state index is 12.2. The van der Waals surface area contributed by atoms with Crippen LogP contribution < -0.4 is 0 Å². The second-order valence-corrected chi connectivity index (χ2v) is 6.32. The molecule has 6 heteroatoms. The van der Waals surface area contributed by atoms with Gasteiger partial charge >= 0.3 is 0 Å². The third-order valence-electron chi connectivity index (χ3n) is 2.99. The van der Waals surface area contributed by atoms with E-state index in [0.29, 0.717) is 6.10 Å². The molecule has 4 nitrogen and oxygen atoms in total. The van der Waals surface area contributed by atoms with Crippen LogP contribution in [0.25, 0.3) is 0 Å². The van der Waals surface area contributed by atoms with Crippen LogP contribution >= 0.6 is 27.3 Å². The summed E-state index contributed by atoms with van der Waals surface area (Å²) in [5.74, 6) is 0.111. The van der Waals surface area contributed by atoms with Gasteiger partial charge in [0.1, 0.15) is 4.88 Å². The van der Waals surface area contributed by atoms with E-state index >= 15 is 0 Å². The van der Waals surface area contributed by atoms with Crippen LogP contribution in [-0.4, -0.2) is 46.9 Å². The SMILES string of the molecule is Cc1ncc(C(=O)N2CCC(OCCBr)CC2)s1. The van der Waals surface area contributed by atoms with Crippen molar-refractivity contribution in [3.63, 3.8) is 0 Å². The van der Waals surface area contributed by atoms with Crippen molar-refractivity contribution in [2.45, 2.75) is 25.9 Å². The highest BCUT2D eigenvalue weighted by Crippen LogP contribution is 2.19. The summed E-state index contributed by atoms with van der Waals surface area (Å²) in [7, 11) is 0. The van der Waals surface area contributed by atoms with Crippen LogP contribution in [-0.2, 0) is 4.74 Å². The topological polar surface area (TPSA) is 42.4 Å². The van der Waals surface area contributed by atoms with Gasteiger partial charge in [-0.05, 0) is 19.8 Å². The van der Waals surface area contributed by atoms with E-state index in [1.807, 2.05) is 11.8 Å². The fraction of sp³-hybridized carbons (Fsp3) is 0.667. The van der Waals surface area contributed by atoms with Gasteiger partial charge in [0, 0.05) is 18.4 Å². The maximum absolute atomic E-state index is 12.2. The van der Waals surface area contributed by atoms with Crippen LogP contribution in [0.1, 0.15) is 27.5 Å². The van der Waals surface area contributed by atoms with Gasteiger partial charge < -0.3 is 9.64 Å². The van der Waals surface area contributed by atoms with Crippen LogP contribution in [0.4, 0.5) is 0 Å². The first-order valence-corrected chi connectivity index (χ1v) is 8.04. The van der Waals surface area contributed by atoms with Crippen molar-refractivity contribution in [1.29, 1.82) is 0 Å². The monoisotopic (exact) mass is 332 g/mol. The van der Waals surface area contributed by atoms with Gasteiger partial charge in [-0.1, -0.05) is 15.9 Å². The average molecular weight is 333 g/mol. The molecule has 1 aromatic rings. The smallest absolute Gasteiger partial charge is 0.265 e. The van der Waals surface area contributed by atoms with E-state index in [1.54, 1.807) is 6.20 Å². The number of aromatic nitrogens is 1. The zero-order valence-electron chi connectivity index (χ0n) is 10.4. The van der Waals surface area contributed by atoms with E-state index in [1.165, 1.54) is 11.3 Å².